The molecule has 0 unspecified atom stereocenters. The van der Waals surface area contributed by atoms with Gasteiger partial charge in [0.25, 0.3) is 0 Å². The standard InChI is InChI=1S/C16H17N3O.C4H4O4/c1-11-13(18-10-17-11)7-8-16(20)15-9-12-5-3-4-6-14(12)19(15)2;5-3(6)1-2-4(7)8/h3-6,9-10H,7-8H2,1-2H3,(H,17,18);1-2H,(H,5,6)(H,7,8)/b;2-1-. The molecule has 3 N–H and O–H groups in total. The molecule has 2 heterocycles. The lowest BCUT2D eigenvalue weighted by molar-refractivity contribution is -0.134. The van der Waals surface area contributed by atoms with Gasteiger partial charge < -0.3 is 19.8 Å². The summed E-state index contributed by atoms with van der Waals surface area (Å²) in [5, 5.41) is 16.7. The van der Waals surface area contributed by atoms with Gasteiger partial charge in [0.1, 0.15) is 0 Å². The molecule has 0 saturated heterocycles. The van der Waals surface area contributed by atoms with E-state index in [0.29, 0.717) is 25.0 Å². The van der Waals surface area contributed by atoms with Crippen molar-refractivity contribution < 1.29 is 24.6 Å². The molecule has 1 aromatic carbocycles. The molecule has 8 nitrogen and oxygen atoms in total. The monoisotopic (exact) mass is 383 g/mol. The number of Topliss-reactive ketones (excluding diaryl/α,β-unsaturated/α-hetero) is 1. The summed E-state index contributed by atoms with van der Waals surface area (Å²) in [6, 6.07) is 10.0. The van der Waals surface area contributed by atoms with Gasteiger partial charge in [0, 0.05) is 42.2 Å². The molecule has 8 heteroatoms. The van der Waals surface area contributed by atoms with E-state index in [2.05, 4.69) is 9.97 Å². The largest absolute Gasteiger partial charge is 0.478 e. The van der Waals surface area contributed by atoms with Gasteiger partial charge >= 0.3 is 11.9 Å². The van der Waals surface area contributed by atoms with Crippen LogP contribution >= 0.6 is 0 Å². The van der Waals surface area contributed by atoms with Crippen LogP contribution in [0.25, 0.3) is 10.9 Å². The Bertz CT molecular complexity index is 1010. The van der Waals surface area contributed by atoms with Crippen LogP contribution in [0.4, 0.5) is 0 Å². The van der Waals surface area contributed by atoms with Gasteiger partial charge in [-0.05, 0) is 25.5 Å². The van der Waals surface area contributed by atoms with Crippen molar-refractivity contribution in [3.8, 4) is 0 Å². The fourth-order valence-corrected chi connectivity index (χ4v) is 2.70. The highest BCUT2D eigenvalue weighted by atomic mass is 16.4. The van der Waals surface area contributed by atoms with Crippen molar-refractivity contribution in [2.45, 2.75) is 19.8 Å². The van der Waals surface area contributed by atoms with E-state index in [4.69, 9.17) is 10.2 Å². The Hall–Kier alpha value is -3.68. The molecular weight excluding hydrogens is 362 g/mol. The van der Waals surface area contributed by atoms with E-state index in [1.165, 1.54) is 0 Å². The van der Waals surface area contributed by atoms with Crippen LogP contribution in [0, 0.1) is 6.92 Å². The van der Waals surface area contributed by atoms with Gasteiger partial charge in [-0.25, -0.2) is 14.6 Å². The zero-order valence-corrected chi connectivity index (χ0v) is 15.5. The number of fused-ring (bicyclic) bond motifs is 1. The molecule has 0 aliphatic heterocycles. The van der Waals surface area contributed by atoms with Gasteiger partial charge in [-0.3, -0.25) is 4.79 Å². The van der Waals surface area contributed by atoms with Crippen molar-refractivity contribution in [2.75, 3.05) is 0 Å². The Morgan fingerprint density at radius 1 is 1.14 bits per heavy atom. The number of H-pyrrole nitrogens is 1. The molecule has 3 aromatic rings. The van der Waals surface area contributed by atoms with Gasteiger partial charge in [-0.15, -0.1) is 0 Å². The third-order valence-corrected chi connectivity index (χ3v) is 4.13. The van der Waals surface area contributed by atoms with Crippen molar-refractivity contribution in [1.29, 1.82) is 0 Å². The first-order valence-electron chi connectivity index (χ1n) is 8.50. The Kier molecular flexibility index (Phi) is 6.86. The van der Waals surface area contributed by atoms with Crippen molar-refractivity contribution in [2.24, 2.45) is 7.05 Å². The number of aromatic nitrogens is 3. The Labute approximate surface area is 161 Å². The smallest absolute Gasteiger partial charge is 0.328 e. The minimum absolute atomic E-state index is 0.158. The third kappa shape index (κ3) is 5.41. The molecule has 28 heavy (non-hydrogen) atoms. The van der Waals surface area contributed by atoms with E-state index in [1.807, 2.05) is 48.9 Å². The molecule has 0 atom stereocenters. The van der Waals surface area contributed by atoms with E-state index >= 15 is 0 Å². The van der Waals surface area contributed by atoms with E-state index in [0.717, 1.165) is 28.0 Å². The summed E-state index contributed by atoms with van der Waals surface area (Å²) in [5.41, 5.74) is 3.86. The van der Waals surface area contributed by atoms with E-state index < -0.39 is 11.9 Å². The first-order valence-corrected chi connectivity index (χ1v) is 8.50. The molecule has 3 rings (SSSR count). The molecule has 0 fully saturated rings. The predicted molar refractivity (Wildman–Crippen MR) is 103 cm³/mol. The first kappa shape index (κ1) is 20.6. The first-order chi connectivity index (χ1) is 13.3. The van der Waals surface area contributed by atoms with Gasteiger partial charge in [0.15, 0.2) is 5.78 Å². The molecule has 0 aliphatic carbocycles. The second-order valence-corrected chi connectivity index (χ2v) is 6.05. The number of carboxylic acids is 2. The summed E-state index contributed by atoms with van der Waals surface area (Å²) in [6.45, 7) is 1.98. The topological polar surface area (TPSA) is 125 Å². The van der Waals surface area contributed by atoms with Crippen LogP contribution in [-0.4, -0.2) is 42.5 Å². The number of imidazole rings is 1. The molecule has 2 aromatic heterocycles. The number of aromatic amines is 1. The molecule has 0 saturated carbocycles. The zero-order chi connectivity index (χ0) is 20.7. The zero-order valence-electron chi connectivity index (χ0n) is 15.5. The maximum absolute atomic E-state index is 12.4. The number of nitrogens with zero attached hydrogens (tertiary/aromatic N) is 2. The van der Waals surface area contributed by atoms with Crippen molar-refractivity contribution in [3.63, 3.8) is 0 Å². The quantitative estimate of drug-likeness (QED) is 0.444. The normalized spacial score (nSPS) is 10.6. The number of aryl methyl sites for hydroxylation is 3. The number of nitrogens with one attached hydrogen (secondary N) is 1. The summed E-state index contributed by atoms with van der Waals surface area (Å²) in [6.07, 6.45) is 3.95. The van der Waals surface area contributed by atoms with E-state index in [9.17, 15) is 14.4 Å². The number of hydrogen-bond donors (Lipinski definition) is 3. The van der Waals surface area contributed by atoms with Crippen molar-refractivity contribution in [3.05, 3.63) is 65.9 Å². The van der Waals surface area contributed by atoms with Crippen LogP contribution in [0.2, 0.25) is 0 Å². The number of aliphatic carboxylic acids is 2. The van der Waals surface area contributed by atoms with Gasteiger partial charge in [0.2, 0.25) is 0 Å². The van der Waals surface area contributed by atoms with Gasteiger partial charge in [-0.2, -0.15) is 0 Å². The molecule has 0 aliphatic rings. The SMILES string of the molecule is Cc1[nH]cnc1CCC(=O)c1cc2ccccc2n1C.O=C(O)/C=C\C(=O)O. The van der Waals surface area contributed by atoms with Crippen molar-refractivity contribution in [1.82, 2.24) is 14.5 Å². The van der Waals surface area contributed by atoms with Crippen LogP contribution in [0.1, 0.15) is 28.3 Å². The van der Waals surface area contributed by atoms with Crippen LogP contribution in [-0.2, 0) is 23.1 Å². The summed E-state index contributed by atoms with van der Waals surface area (Å²) in [4.78, 5) is 38.8. The molecule has 0 spiro atoms. The molecule has 0 amide bonds. The Balaban J connectivity index is 0.000000300. The Morgan fingerprint density at radius 3 is 2.32 bits per heavy atom. The third-order valence-electron chi connectivity index (χ3n) is 4.13. The summed E-state index contributed by atoms with van der Waals surface area (Å²) in [5.74, 6) is -2.36. The maximum atomic E-state index is 12.4. The number of carboxylic acid groups (broad SMARTS) is 2. The molecule has 0 bridgehead atoms. The predicted octanol–water partition coefficient (Wildman–Crippen LogP) is 2.74. The number of para-hydroxylation sites is 1. The number of carbonyl (C=O) groups excluding carboxylic acids is 1. The number of hydrogen-bond acceptors (Lipinski definition) is 4. The lowest BCUT2D eigenvalue weighted by atomic mass is 10.1. The van der Waals surface area contributed by atoms with Gasteiger partial charge in [0.05, 0.1) is 17.7 Å². The highest BCUT2D eigenvalue weighted by molar-refractivity contribution is 6.00. The molecule has 146 valence electrons. The lowest BCUT2D eigenvalue weighted by Crippen LogP contribution is -2.07. The summed E-state index contributed by atoms with van der Waals surface area (Å²) < 4.78 is 1.97. The fraction of sp³-hybridized carbons (Fsp3) is 0.200. The number of carbonyl (C=O) groups is 3. The average Bonchev–Trinajstić information content (AvgIpc) is 3.22. The average molecular weight is 383 g/mol. The maximum Gasteiger partial charge on any atom is 0.328 e. The second-order valence-electron chi connectivity index (χ2n) is 6.05. The van der Waals surface area contributed by atoms with Crippen LogP contribution in [0.5, 0.6) is 0 Å². The highest BCUT2D eigenvalue weighted by Gasteiger charge is 2.14. The number of ketones is 1. The summed E-state index contributed by atoms with van der Waals surface area (Å²) in [7, 11) is 1.94. The van der Waals surface area contributed by atoms with Crippen LogP contribution < -0.4 is 0 Å². The lowest BCUT2D eigenvalue weighted by Gasteiger charge is -2.03. The van der Waals surface area contributed by atoms with E-state index in [-0.39, 0.29) is 5.78 Å². The highest BCUT2D eigenvalue weighted by Crippen LogP contribution is 2.20. The van der Waals surface area contributed by atoms with Crippen molar-refractivity contribution >= 4 is 28.6 Å². The fourth-order valence-electron chi connectivity index (χ4n) is 2.70. The van der Waals surface area contributed by atoms with Crippen LogP contribution in [0.15, 0.2) is 48.8 Å². The minimum atomic E-state index is -1.26. The molecule has 0 radical (unpaired) electrons. The van der Waals surface area contributed by atoms with E-state index in [1.54, 1.807) is 6.33 Å². The van der Waals surface area contributed by atoms with Gasteiger partial charge in [-0.1, -0.05) is 18.2 Å². The second kappa shape index (κ2) is 9.31. The summed E-state index contributed by atoms with van der Waals surface area (Å²) >= 11 is 0. The van der Waals surface area contributed by atoms with Crippen LogP contribution in [0.3, 0.4) is 0 Å². The number of rotatable bonds is 6. The molecular formula is C20H21N3O5. The minimum Gasteiger partial charge on any atom is -0.478 e. The Morgan fingerprint density at radius 2 is 1.79 bits per heavy atom. The number of benzene rings is 1.